The maximum absolute atomic E-state index is 14.1. The van der Waals surface area contributed by atoms with E-state index in [4.69, 9.17) is 9.47 Å². The Kier molecular flexibility index (Phi) is 5.22. The maximum Gasteiger partial charge on any atom is 0.137 e. The number of halogens is 4. The third-order valence-corrected chi connectivity index (χ3v) is 4.62. The van der Waals surface area contributed by atoms with Crippen LogP contribution in [0.1, 0.15) is 16.0 Å². The summed E-state index contributed by atoms with van der Waals surface area (Å²) in [5, 5.41) is 0. The van der Waals surface area contributed by atoms with Gasteiger partial charge in [-0.25, -0.2) is 8.78 Å². The van der Waals surface area contributed by atoms with Crippen LogP contribution in [0, 0.1) is 11.6 Å². The van der Waals surface area contributed by atoms with E-state index in [1.54, 1.807) is 25.3 Å². The van der Waals surface area contributed by atoms with Crippen molar-refractivity contribution in [3.8, 4) is 11.5 Å². The molecule has 0 fully saturated rings. The highest BCUT2D eigenvalue weighted by Gasteiger charge is 2.21. The van der Waals surface area contributed by atoms with E-state index in [0.29, 0.717) is 17.1 Å². The highest BCUT2D eigenvalue weighted by Crippen LogP contribution is 2.40. The first-order valence-electron chi connectivity index (χ1n) is 5.98. The Hall–Kier alpha value is -1.14. The topological polar surface area (TPSA) is 18.5 Å². The van der Waals surface area contributed by atoms with Gasteiger partial charge in [-0.3, -0.25) is 0 Å². The molecule has 0 radical (unpaired) electrons. The molecule has 21 heavy (non-hydrogen) atoms. The Morgan fingerprint density at radius 3 is 2.29 bits per heavy atom. The minimum atomic E-state index is -0.541. The van der Waals surface area contributed by atoms with Crippen LogP contribution in [0.5, 0.6) is 11.5 Å². The molecule has 0 saturated carbocycles. The number of ether oxygens (including phenoxy) is 2. The summed E-state index contributed by atoms with van der Waals surface area (Å²) in [4.78, 5) is -0.541. The number of rotatable bonds is 4. The third-order valence-electron chi connectivity index (χ3n) is 3.03. The smallest absolute Gasteiger partial charge is 0.137 e. The fourth-order valence-electron chi connectivity index (χ4n) is 1.93. The van der Waals surface area contributed by atoms with Gasteiger partial charge in [0.25, 0.3) is 0 Å². The molecule has 0 amide bonds. The summed E-state index contributed by atoms with van der Waals surface area (Å²) in [5.41, 5.74) is 0.873. The molecular weight excluding hydrogens is 410 g/mol. The molecule has 0 N–H and O–H groups in total. The van der Waals surface area contributed by atoms with E-state index in [9.17, 15) is 8.78 Å². The number of alkyl halides is 1. The van der Waals surface area contributed by atoms with Gasteiger partial charge < -0.3 is 9.47 Å². The monoisotopic (exact) mass is 420 g/mol. The first kappa shape index (κ1) is 16.2. The Labute approximate surface area is 138 Å². The average Bonchev–Trinajstić information content (AvgIpc) is 2.49. The van der Waals surface area contributed by atoms with Crippen molar-refractivity contribution >= 4 is 31.9 Å². The van der Waals surface area contributed by atoms with E-state index in [2.05, 4.69) is 31.9 Å². The van der Waals surface area contributed by atoms with E-state index in [-0.39, 0.29) is 10.0 Å². The lowest BCUT2D eigenvalue weighted by Crippen LogP contribution is -2.01. The van der Waals surface area contributed by atoms with Gasteiger partial charge in [-0.05, 0) is 34.1 Å². The molecular formula is C15H12Br2F2O2. The molecule has 0 aromatic heterocycles. The number of benzene rings is 2. The summed E-state index contributed by atoms with van der Waals surface area (Å²) in [7, 11) is 3.06. The van der Waals surface area contributed by atoms with Crippen molar-refractivity contribution in [2.24, 2.45) is 0 Å². The zero-order chi connectivity index (χ0) is 15.6. The summed E-state index contributed by atoms with van der Waals surface area (Å²) in [6.07, 6.45) is 0. The van der Waals surface area contributed by atoms with Gasteiger partial charge in [-0.1, -0.05) is 22.0 Å². The van der Waals surface area contributed by atoms with E-state index >= 15 is 0 Å². The largest absolute Gasteiger partial charge is 0.497 e. The van der Waals surface area contributed by atoms with Gasteiger partial charge >= 0.3 is 0 Å². The molecule has 2 aromatic carbocycles. The molecule has 0 spiro atoms. The lowest BCUT2D eigenvalue weighted by atomic mass is 10.0. The number of methoxy groups -OCH3 is 2. The Balaban J connectivity index is 2.49. The molecule has 112 valence electrons. The second-order valence-electron chi connectivity index (χ2n) is 4.26. The minimum absolute atomic E-state index is 0.0881. The van der Waals surface area contributed by atoms with Gasteiger partial charge in [0.1, 0.15) is 23.1 Å². The molecule has 2 nitrogen and oxygen atoms in total. The van der Waals surface area contributed by atoms with Crippen molar-refractivity contribution < 1.29 is 18.3 Å². The predicted molar refractivity (Wildman–Crippen MR) is 84.4 cm³/mol. The fraction of sp³-hybridized carbons (Fsp3) is 0.200. The second kappa shape index (κ2) is 6.75. The van der Waals surface area contributed by atoms with E-state index in [1.807, 2.05) is 0 Å². The molecule has 2 aromatic rings. The quantitative estimate of drug-likeness (QED) is 0.497. The fourth-order valence-corrected chi connectivity index (χ4v) is 2.97. The zero-order valence-electron chi connectivity index (χ0n) is 11.3. The van der Waals surface area contributed by atoms with E-state index < -0.39 is 16.5 Å². The Morgan fingerprint density at radius 1 is 0.952 bits per heavy atom. The molecule has 1 atom stereocenters. The SMILES string of the molecule is COc1ccc(C(Br)c2cc(F)c(Br)cc2F)c(OC)c1. The van der Waals surface area contributed by atoms with Gasteiger partial charge in [-0.2, -0.15) is 0 Å². The van der Waals surface area contributed by atoms with Crippen molar-refractivity contribution in [1.29, 1.82) is 0 Å². The molecule has 6 heteroatoms. The zero-order valence-corrected chi connectivity index (χ0v) is 14.5. The standard InChI is InChI=1S/C15H12Br2F2O2/c1-20-8-3-4-9(14(5-8)21-2)15(17)10-6-13(19)11(16)7-12(10)18/h3-7,15H,1-2H3. The van der Waals surface area contributed by atoms with Crippen molar-refractivity contribution in [2.45, 2.75) is 4.83 Å². The molecule has 0 aliphatic rings. The van der Waals surface area contributed by atoms with Crippen molar-refractivity contribution in [3.63, 3.8) is 0 Å². The molecule has 1 unspecified atom stereocenters. The van der Waals surface area contributed by atoms with Crippen LogP contribution in [0.3, 0.4) is 0 Å². The normalized spacial score (nSPS) is 12.1. The Bertz CT molecular complexity index is 662. The minimum Gasteiger partial charge on any atom is -0.497 e. The predicted octanol–water partition coefficient (Wildman–Crippen LogP) is 5.23. The third kappa shape index (κ3) is 3.37. The summed E-state index contributed by atoms with van der Waals surface area (Å²) in [5.74, 6) is 0.114. The van der Waals surface area contributed by atoms with Crippen LogP contribution in [-0.2, 0) is 0 Å². The summed E-state index contributed by atoms with van der Waals surface area (Å²) >= 11 is 6.36. The van der Waals surface area contributed by atoms with Crippen LogP contribution in [0.25, 0.3) is 0 Å². The van der Waals surface area contributed by atoms with Crippen molar-refractivity contribution in [3.05, 3.63) is 57.6 Å². The first-order chi connectivity index (χ1) is 9.97. The summed E-state index contributed by atoms with van der Waals surface area (Å²) < 4.78 is 38.2. The average molecular weight is 422 g/mol. The van der Waals surface area contributed by atoms with Crippen LogP contribution in [-0.4, -0.2) is 14.2 Å². The lowest BCUT2D eigenvalue weighted by Gasteiger charge is -2.16. The van der Waals surface area contributed by atoms with E-state index in [0.717, 1.165) is 12.1 Å². The van der Waals surface area contributed by atoms with Crippen LogP contribution < -0.4 is 9.47 Å². The molecule has 0 aliphatic carbocycles. The van der Waals surface area contributed by atoms with Gasteiger partial charge in [0.2, 0.25) is 0 Å². The van der Waals surface area contributed by atoms with Gasteiger partial charge in [0.15, 0.2) is 0 Å². The summed E-state index contributed by atoms with van der Waals surface area (Å²) in [6.45, 7) is 0. The van der Waals surface area contributed by atoms with Crippen molar-refractivity contribution in [1.82, 2.24) is 0 Å². The second-order valence-corrected chi connectivity index (χ2v) is 6.03. The first-order valence-corrected chi connectivity index (χ1v) is 7.69. The molecule has 2 rings (SSSR count). The highest BCUT2D eigenvalue weighted by atomic mass is 79.9. The molecule has 0 bridgehead atoms. The molecule has 0 heterocycles. The van der Waals surface area contributed by atoms with Crippen molar-refractivity contribution in [2.75, 3.05) is 14.2 Å². The number of hydrogen-bond acceptors (Lipinski definition) is 2. The maximum atomic E-state index is 14.1. The van der Waals surface area contributed by atoms with E-state index in [1.165, 1.54) is 7.11 Å². The van der Waals surface area contributed by atoms with Crippen LogP contribution in [0.2, 0.25) is 0 Å². The Morgan fingerprint density at radius 2 is 1.67 bits per heavy atom. The van der Waals surface area contributed by atoms with Gasteiger partial charge in [0, 0.05) is 17.2 Å². The number of hydrogen-bond donors (Lipinski definition) is 0. The van der Waals surface area contributed by atoms with Gasteiger partial charge in [0.05, 0.1) is 23.5 Å². The highest BCUT2D eigenvalue weighted by molar-refractivity contribution is 9.10. The van der Waals surface area contributed by atoms with Crippen LogP contribution >= 0.6 is 31.9 Å². The van der Waals surface area contributed by atoms with Gasteiger partial charge in [-0.15, -0.1) is 0 Å². The molecule has 0 saturated heterocycles. The summed E-state index contributed by atoms with van der Waals surface area (Å²) in [6, 6.07) is 7.43. The lowest BCUT2D eigenvalue weighted by molar-refractivity contribution is 0.391. The molecule has 0 aliphatic heterocycles. The van der Waals surface area contributed by atoms with Crippen LogP contribution in [0.15, 0.2) is 34.8 Å². The van der Waals surface area contributed by atoms with Crippen LogP contribution in [0.4, 0.5) is 8.78 Å².